The lowest BCUT2D eigenvalue weighted by Crippen LogP contribution is -2.10. The highest BCUT2D eigenvalue weighted by Crippen LogP contribution is 2.42. The van der Waals surface area contributed by atoms with Crippen LogP contribution in [0.4, 0.5) is 0 Å². The molecule has 2 aliphatic carbocycles. The fourth-order valence-electron chi connectivity index (χ4n) is 4.81. The first-order valence-electron chi connectivity index (χ1n) is 11.4. The van der Waals surface area contributed by atoms with Gasteiger partial charge in [0.2, 0.25) is 0 Å². The van der Waals surface area contributed by atoms with Crippen LogP contribution < -0.4 is 0 Å². The number of unbranched alkanes of at least 4 members (excludes halogenated alkanes) is 4. The molecule has 0 bridgehead atoms. The SMILES string of the molecule is CCCCCCC#CC1=CCC2C(=C1)C=Cc1c2ccc2cc3ccccc3cc12. The smallest absolute Gasteiger partial charge is 0.0208 e. The summed E-state index contributed by atoms with van der Waals surface area (Å²) in [6.07, 6.45) is 16.5. The Morgan fingerprint density at radius 3 is 2.63 bits per heavy atom. The van der Waals surface area contributed by atoms with Crippen molar-refractivity contribution in [3.63, 3.8) is 0 Å². The first-order valence-corrected chi connectivity index (χ1v) is 11.4. The molecule has 30 heavy (non-hydrogen) atoms. The van der Waals surface area contributed by atoms with Crippen molar-refractivity contribution < 1.29 is 0 Å². The van der Waals surface area contributed by atoms with Gasteiger partial charge in [0.1, 0.15) is 0 Å². The minimum atomic E-state index is 0.455. The molecule has 3 aromatic carbocycles. The molecule has 0 heterocycles. The van der Waals surface area contributed by atoms with Crippen LogP contribution in [0.25, 0.3) is 27.6 Å². The molecule has 0 spiro atoms. The molecule has 1 atom stereocenters. The second kappa shape index (κ2) is 8.37. The van der Waals surface area contributed by atoms with Gasteiger partial charge < -0.3 is 0 Å². The molecule has 0 heteroatoms. The number of hydrogen-bond donors (Lipinski definition) is 0. The summed E-state index contributed by atoms with van der Waals surface area (Å²) in [7, 11) is 0. The van der Waals surface area contributed by atoms with E-state index in [-0.39, 0.29) is 0 Å². The van der Waals surface area contributed by atoms with Crippen molar-refractivity contribution in [1.82, 2.24) is 0 Å². The van der Waals surface area contributed by atoms with Crippen molar-refractivity contribution in [3.05, 3.63) is 89.0 Å². The predicted octanol–water partition coefficient (Wildman–Crippen LogP) is 8.33. The van der Waals surface area contributed by atoms with Gasteiger partial charge in [-0.1, -0.05) is 92.7 Å². The minimum absolute atomic E-state index is 0.455. The highest BCUT2D eigenvalue weighted by Gasteiger charge is 2.24. The van der Waals surface area contributed by atoms with Gasteiger partial charge >= 0.3 is 0 Å². The molecule has 0 N–H and O–H groups in total. The van der Waals surface area contributed by atoms with Crippen LogP contribution in [0.3, 0.4) is 0 Å². The Labute approximate surface area is 180 Å². The molecule has 0 radical (unpaired) electrons. The van der Waals surface area contributed by atoms with Crippen LogP contribution in [0.5, 0.6) is 0 Å². The Kier molecular flexibility index (Phi) is 5.29. The van der Waals surface area contributed by atoms with Crippen molar-refractivity contribution in [2.45, 2.75) is 51.4 Å². The number of allylic oxidation sites excluding steroid dienone is 5. The lowest BCUT2D eigenvalue weighted by Gasteiger charge is -2.27. The van der Waals surface area contributed by atoms with Gasteiger partial charge in [0.25, 0.3) is 0 Å². The quantitative estimate of drug-likeness (QED) is 0.239. The lowest BCUT2D eigenvalue weighted by atomic mass is 9.76. The van der Waals surface area contributed by atoms with Gasteiger partial charge in [-0.05, 0) is 69.3 Å². The Hall–Kier alpha value is -3.04. The monoisotopic (exact) mass is 388 g/mol. The second-order valence-corrected chi connectivity index (χ2v) is 8.53. The first-order chi connectivity index (χ1) is 14.8. The van der Waals surface area contributed by atoms with E-state index in [1.165, 1.54) is 69.5 Å². The van der Waals surface area contributed by atoms with E-state index in [2.05, 4.69) is 91.6 Å². The zero-order valence-corrected chi connectivity index (χ0v) is 17.7. The zero-order chi connectivity index (χ0) is 20.3. The summed E-state index contributed by atoms with van der Waals surface area (Å²) in [6.45, 7) is 2.25. The number of fused-ring (bicyclic) bond motifs is 6. The maximum absolute atomic E-state index is 3.41. The van der Waals surface area contributed by atoms with Gasteiger partial charge in [-0.3, -0.25) is 0 Å². The van der Waals surface area contributed by atoms with Crippen LogP contribution in [-0.2, 0) is 0 Å². The van der Waals surface area contributed by atoms with Crippen molar-refractivity contribution in [1.29, 1.82) is 0 Å². The largest absolute Gasteiger partial charge is 0.0979 e. The number of benzene rings is 3. The Balaban J connectivity index is 1.42. The third-order valence-corrected chi connectivity index (χ3v) is 6.47. The average molecular weight is 389 g/mol. The molecule has 3 aromatic rings. The topological polar surface area (TPSA) is 0 Å². The summed E-state index contributed by atoms with van der Waals surface area (Å²) in [6, 6.07) is 18.0. The Morgan fingerprint density at radius 2 is 1.77 bits per heavy atom. The maximum Gasteiger partial charge on any atom is 0.0208 e. The highest BCUT2D eigenvalue weighted by molar-refractivity contribution is 6.03. The molecule has 0 aromatic heterocycles. The van der Waals surface area contributed by atoms with E-state index in [4.69, 9.17) is 0 Å². The molecule has 2 aliphatic rings. The van der Waals surface area contributed by atoms with Gasteiger partial charge in [0.05, 0.1) is 0 Å². The molecule has 5 rings (SSSR count). The van der Waals surface area contributed by atoms with Crippen molar-refractivity contribution in [2.24, 2.45) is 0 Å². The predicted molar refractivity (Wildman–Crippen MR) is 131 cm³/mol. The molecule has 1 unspecified atom stereocenters. The molecule has 0 saturated heterocycles. The molecule has 0 saturated carbocycles. The summed E-state index contributed by atoms with van der Waals surface area (Å²) in [5, 5.41) is 5.31. The highest BCUT2D eigenvalue weighted by atomic mass is 14.3. The van der Waals surface area contributed by atoms with Gasteiger partial charge in [0.15, 0.2) is 0 Å². The van der Waals surface area contributed by atoms with Crippen molar-refractivity contribution in [3.8, 4) is 11.8 Å². The molecule has 0 fully saturated rings. The van der Waals surface area contributed by atoms with E-state index in [1.54, 1.807) is 0 Å². The molecule has 0 nitrogen and oxygen atoms in total. The van der Waals surface area contributed by atoms with Gasteiger partial charge in [0, 0.05) is 17.9 Å². The van der Waals surface area contributed by atoms with E-state index in [0.717, 1.165) is 12.8 Å². The molecular weight excluding hydrogens is 360 g/mol. The van der Waals surface area contributed by atoms with Crippen LogP contribution in [0.15, 0.2) is 77.9 Å². The van der Waals surface area contributed by atoms with Crippen LogP contribution in [0, 0.1) is 11.8 Å². The minimum Gasteiger partial charge on any atom is -0.0979 e. The van der Waals surface area contributed by atoms with Gasteiger partial charge in [-0.2, -0.15) is 0 Å². The summed E-state index contributed by atoms with van der Waals surface area (Å²) in [5.41, 5.74) is 5.44. The third kappa shape index (κ3) is 3.61. The standard InChI is InChI=1S/C30H28/c1-2-3-4-5-6-7-10-22-13-16-27-25(19-22)14-18-29-28(27)17-15-26-20-23-11-8-9-12-24(23)21-30(26)29/h8-9,11-15,17-21,27H,2-6,16H2,1H3. The fraction of sp³-hybridized carbons (Fsp3) is 0.267. The lowest BCUT2D eigenvalue weighted by molar-refractivity contribution is 0.679. The maximum atomic E-state index is 3.41. The van der Waals surface area contributed by atoms with E-state index in [9.17, 15) is 0 Å². The number of rotatable bonds is 4. The molecule has 148 valence electrons. The number of hydrogen-bond acceptors (Lipinski definition) is 0. The zero-order valence-electron chi connectivity index (χ0n) is 17.7. The third-order valence-electron chi connectivity index (χ3n) is 6.47. The average Bonchev–Trinajstić information content (AvgIpc) is 2.79. The van der Waals surface area contributed by atoms with Crippen molar-refractivity contribution >= 4 is 27.6 Å². The van der Waals surface area contributed by atoms with Crippen LogP contribution in [0.2, 0.25) is 0 Å². The van der Waals surface area contributed by atoms with Gasteiger partial charge in [-0.25, -0.2) is 0 Å². The second-order valence-electron chi connectivity index (χ2n) is 8.53. The molecular formula is C30H28. The van der Waals surface area contributed by atoms with Gasteiger partial charge in [-0.15, -0.1) is 0 Å². The van der Waals surface area contributed by atoms with E-state index in [0.29, 0.717) is 5.92 Å². The summed E-state index contributed by atoms with van der Waals surface area (Å²) in [5.74, 6) is 7.24. The summed E-state index contributed by atoms with van der Waals surface area (Å²) < 4.78 is 0. The summed E-state index contributed by atoms with van der Waals surface area (Å²) >= 11 is 0. The van der Waals surface area contributed by atoms with Crippen molar-refractivity contribution in [2.75, 3.05) is 0 Å². The van der Waals surface area contributed by atoms with E-state index < -0.39 is 0 Å². The fourth-order valence-corrected chi connectivity index (χ4v) is 4.81. The molecule has 0 aliphatic heterocycles. The van der Waals surface area contributed by atoms with Crippen LogP contribution in [-0.4, -0.2) is 0 Å². The molecule has 0 amide bonds. The Bertz CT molecular complexity index is 1250. The summed E-state index contributed by atoms with van der Waals surface area (Å²) in [4.78, 5) is 0. The van der Waals surface area contributed by atoms with E-state index in [1.807, 2.05) is 0 Å². The first kappa shape index (κ1) is 19.0. The van der Waals surface area contributed by atoms with Crippen LogP contribution >= 0.6 is 0 Å². The van der Waals surface area contributed by atoms with E-state index >= 15 is 0 Å². The normalized spacial score (nSPS) is 17.0. The van der Waals surface area contributed by atoms with Crippen LogP contribution in [0.1, 0.15) is 62.5 Å². The Morgan fingerprint density at radius 1 is 0.900 bits per heavy atom.